The average Bonchev–Trinajstić information content (AvgIpc) is 2.74. The highest BCUT2D eigenvalue weighted by atomic mass is 16.5. The summed E-state index contributed by atoms with van der Waals surface area (Å²) in [5, 5.41) is 7.85. The summed E-state index contributed by atoms with van der Waals surface area (Å²) in [6.45, 7) is 3.82. The molecule has 4 nitrogen and oxygen atoms in total. The molecule has 0 amide bonds. The van der Waals surface area contributed by atoms with Gasteiger partial charge in [-0.1, -0.05) is 6.92 Å². The van der Waals surface area contributed by atoms with Crippen LogP contribution in [0.1, 0.15) is 31.5 Å². The highest BCUT2D eigenvalue weighted by Gasteiger charge is 2.20. The Labute approximate surface area is 96.3 Å². The lowest BCUT2D eigenvalue weighted by Gasteiger charge is -2.23. The van der Waals surface area contributed by atoms with Crippen molar-refractivity contribution in [2.45, 2.75) is 25.8 Å². The van der Waals surface area contributed by atoms with Crippen LogP contribution in [0, 0.1) is 0 Å². The summed E-state index contributed by atoms with van der Waals surface area (Å²) >= 11 is 0. The zero-order chi connectivity index (χ0) is 11.4. The fraction of sp³-hybridized carbons (Fsp3) is 0.583. The van der Waals surface area contributed by atoms with Gasteiger partial charge in [0.05, 0.1) is 12.3 Å². The predicted octanol–water partition coefficient (Wildman–Crippen LogP) is 1.76. The Kier molecular flexibility index (Phi) is 3.62. The van der Waals surface area contributed by atoms with Crippen molar-refractivity contribution < 1.29 is 4.74 Å². The summed E-state index contributed by atoms with van der Waals surface area (Å²) < 4.78 is 7.53. The van der Waals surface area contributed by atoms with Crippen LogP contribution in [-0.4, -0.2) is 22.9 Å². The van der Waals surface area contributed by atoms with Crippen LogP contribution in [0.25, 0.3) is 0 Å². The second kappa shape index (κ2) is 5.16. The molecule has 2 heterocycles. The maximum absolute atomic E-state index is 5.71. The monoisotopic (exact) mass is 221 g/mol. The molecule has 1 aromatic heterocycles. The summed E-state index contributed by atoms with van der Waals surface area (Å²) in [6, 6.07) is 2.14. The molecule has 0 aliphatic carbocycles. The number of hydrogen-bond donors (Lipinski definition) is 1. The van der Waals surface area contributed by atoms with Gasteiger partial charge in [-0.2, -0.15) is 5.10 Å². The van der Waals surface area contributed by atoms with Gasteiger partial charge in [-0.25, -0.2) is 0 Å². The van der Waals surface area contributed by atoms with E-state index in [0.29, 0.717) is 0 Å². The van der Waals surface area contributed by atoms with E-state index in [1.165, 1.54) is 0 Å². The Hall–Kier alpha value is -1.29. The molecule has 16 heavy (non-hydrogen) atoms. The first-order chi connectivity index (χ1) is 7.81. The summed E-state index contributed by atoms with van der Waals surface area (Å²) in [7, 11) is 1.93. The first-order valence-corrected chi connectivity index (χ1v) is 5.87. The van der Waals surface area contributed by atoms with E-state index in [1.54, 1.807) is 0 Å². The molecule has 0 aromatic carbocycles. The van der Waals surface area contributed by atoms with E-state index in [0.717, 1.165) is 37.4 Å². The van der Waals surface area contributed by atoms with Crippen molar-refractivity contribution in [3.05, 3.63) is 29.8 Å². The van der Waals surface area contributed by atoms with Gasteiger partial charge in [0.15, 0.2) is 0 Å². The lowest BCUT2D eigenvalue weighted by molar-refractivity contribution is 0.167. The van der Waals surface area contributed by atoms with Crippen LogP contribution in [0.4, 0.5) is 0 Å². The summed E-state index contributed by atoms with van der Waals surface area (Å²) in [5.74, 6) is 1.02. The first-order valence-electron chi connectivity index (χ1n) is 5.87. The Balaban J connectivity index is 2.19. The van der Waals surface area contributed by atoms with Crippen LogP contribution in [0.3, 0.4) is 0 Å². The fourth-order valence-corrected chi connectivity index (χ4v) is 1.92. The SMILES string of the molecule is CCNC(C1=CCCCO1)c1ccn(C)n1. The van der Waals surface area contributed by atoms with Gasteiger partial charge in [0.25, 0.3) is 0 Å². The van der Waals surface area contributed by atoms with Gasteiger partial charge in [-0.05, 0) is 31.5 Å². The van der Waals surface area contributed by atoms with Crippen molar-refractivity contribution in [2.24, 2.45) is 7.05 Å². The van der Waals surface area contributed by atoms with Gasteiger partial charge in [0.2, 0.25) is 0 Å². The van der Waals surface area contributed by atoms with Gasteiger partial charge in [-0.15, -0.1) is 0 Å². The number of likely N-dealkylation sites (N-methyl/N-ethyl adjacent to an activating group) is 1. The predicted molar refractivity (Wildman–Crippen MR) is 62.9 cm³/mol. The molecule has 0 bridgehead atoms. The molecule has 4 heteroatoms. The van der Waals surface area contributed by atoms with Gasteiger partial charge >= 0.3 is 0 Å². The number of ether oxygens (including phenoxy) is 1. The largest absolute Gasteiger partial charge is 0.496 e. The van der Waals surface area contributed by atoms with E-state index in [-0.39, 0.29) is 6.04 Å². The molecule has 1 atom stereocenters. The molecule has 1 aliphatic heterocycles. The number of aromatic nitrogens is 2. The Morgan fingerprint density at radius 2 is 2.50 bits per heavy atom. The molecule has 0 radical (unpaired) electrons. The summed E-state index contributed by atoms with van der Waals surface area (Å²) in [4.78, 5) is 0. The molecule has 0 saturated carbocycles. The van der Waals surface area contributed by atoms with Gasteiger partial charge in [-0.3, -0.25) is 4.68 Å². The fourth-order valence-electron chi connectivity index (χ4n) is 1.92. The van der Waals surface area contributed by atoms with E-state index < -0.39 is 0 Å². The molecule has 0 spiro atoms. The number of hydrogen-bond acceptors (Lipinski definition) is 3. The van der Waals surface area contributed by atoms with Crippen LogP contribution in [0.2, 0.25) is 0 Å². The smallest absolute Gasteiger partial charge is 0.115 e. The lowest BCUT2D eigenvalue weighted by Crippen LogP contribution is -2.25. The maximum Gasteiger partial charge on any atom is 0.115 e. The number of aryl methyl sites for hydroxylation is 1. The Bertz CT molecular complexity index is 370. The number of nitrogens with one attached hydrogen (secondary N) is 1. The Morgan fingerprint density at radius 1 is 1.62 bits per heavy atom. The highest BCUT2D eigenvalue weighted by molar-refractivity contribution is 5.18. The topological polar surface area (TPSA) is 39.1 Å². The highest BCUT2D eigenvalue weighted by Crippen LogP contribution is 2.24. The van der Waals surface area contributed by atoms with E-state index in [9.17, 15) is 0 Å². The molecular weight excluding hydrogens is 202 g/mol. The van der Waals surface area contributed by atoms with Crippen LogP contribution < -0.4 is 5.32 Å². The third-order valence-corrected chi connectivity index (χ3v) is 2.69. The number of rotatable bonds is 4. The Morgan fingerprint density at radius 3 is 3.06 bits per heavy atom. The minimum absolute atomic E-state index is 0.103. The van der Waals surface area contributed by atoms with Crippen LogP contribution in [0.15, 0.2) is 24.1 Å². The zero-order valence-electron chi connectivity index (χ0n) is 9.94. The van der Waals surface area contributed by atoms with Gasteiger partial charge in [0.1, 0.15) is 11.8 Å². The molecule has 1 N–H and O–H groups in total. The van der Waals surface area contributed by atoms with Crippen molar-refractivity contribution >= 4 is 0 Å². The maximum atomic E-state index is 5.71. The minimum atomic E-state index is 0.103. The second-order valence-corrected chi connectivity index (χ2v) is 4.00. The molecule has 88 valence electrons. The van der Waals surface area contributed by atoms with Crippen molar-refractivity contribution in [1.82, 2.24) is 15.1 Å². The van der Waals surface area contributed by atoms with Gasteiger partial charge < -0.3 is 10.1 Å². The van der Waals surface area contributed by atoms with E-state index >= 15 is 0 Å². The summed E-state index contributed by atoms with van der Waals surface area (Å²) in [5.41, 5.74) is 1.03. The molecule has 2 rings (SSSR count). The molecule has 1 aliphatic rings. The van der Waals surface area contributed by atoms with Crippen LogP contribution in [0.5, 0.6) is 0 Å². The lowest BCUT2D eigenvalue weighted by atomic mass is 10.1. The molecular formula is C12H19N3O. The molecule has 0 saturated heterocycles. The molecule has 0 fully saturated rings. The van der Waals surface area contributed by atoms with Crippen molar-refractivity contribution in [1.29, 1.82) is 0 Å². The van der Waals surface area contributed by atoms with Crippen molar-refractivity contribution in [3.63, 3.8) is 0 Å². The van der Waals surface area contributed by atoms with Crippen LogP contribution >= 0.6 is 0 Å². The first kappa shape index (κ1) is 11.2. The normalized spacial score (nSPS) is 17.8. The minimum Gasteiger partial charge on any atom is -0.496 e. The van der Waals surface area contributed by atoms with Gasteiger partial charge in [0, 0.05) is 13.2 Å². The molecule has 1 unspecified atom stereocenters. The third kappa shape index (κ3) is 2.44. The number of allylic oxidation sites excluding steroid dienone is 1. The van der Waals surface area contributed by atoms with E-state index in [1.807, 2.05) is 24.0 Å². The standard InChI is InChI=1S/C12H19N3O/c1-3-13-12(10-7-8-15(2)14-10)11-6-4-5-9-16-11/h6-8,12-13H,3-5,9H2,1-2H3. The van der Waals surface area contributed by atoms with Crippen LogP contribution in [-0.2, 0) is 11.8 Å². The van der Waals surface area contributed by atoms with E-state index in [2.05, 4.69) is 23.4 Å². The quantitative estimate of drug-likeness (QED) is 0.842. The van der Waals surface area contributed by atoms with Crippen molar-refractivity contribution in [2.75, 3.05) is 13.2 Å². The number of nitrogens with zero attached hydrogens (tertiary/aromatic N) is 2. The molecule has 1 aromatic rings. The van der Waals surface area contributed by atoms with Crippen molar-refractivity contribution in [3.8, 4) is 0 Å². The third-order valence-electron chi connectivity index (χ3n) is 2.69. The summed E-state index contributed by atoms with van der Waals surface area (Å²) in [6.07, 6.45) is 6.35. The average molecular weight is 221 g/mol. The second-order valence-electron chi connectivity index (χ2n) is 4.00. The zero-order valence-corrected chi connectivity index (χ0v) is 9.94. The van der Waals surface area contributed by atoms with E-state index in [4.69, 9.17) is 4.74 Å².